The highest BCUT2D eigenvalue weighted by Gasteiger charge is 2.22. The number of nitrogens with zero attached hydrogens (tertiary/aromatic N) is 1. The molecule has 1 aromatic rings. The molecule has 1 N–H and O–H groups in total. The lowest BCUT2D eigenvalue weighted by molar-refractivity contribution is 0.0384. The molecule has 0 saturated carbocycles. The van der Waals surface area contributed by atoms with Crippen LogP contribution in [0.25, 0.3) is 0 Å². The molecule has 1 rings (SSSR count). The Kier molecular flexibility index (Phi) is 7.03. The minimum atomic E-state index is -0.540. The van der Waals surface area contributed by atoms with E-state index in [0.717, 1.165) is 18.0 Å². The zero-order valence-electron chi connectivity index (χ0n) is 14.5. The van der Waals surface area contributed by atoms with Crippen molar-refractivity contribution >= 4 is 17.3 Å². The van der Waals surface area contributed by atoms with E-state index >= 15 is 0 Å². The highest BCUT2D eigenvalue weighted by Crippen LogP contribution is 2.27. The van der Waals surface area contributed by atoms with Crippen molar-refractivity contribution in [2.75, 3.05) is 13.1 Å². The zero-order chi connectivity index (χ0) is 16.9. The molecule has 0 aliphatic heterocycles. The maximum atomic E-state index is 11.8. The second kappa shape index (κ2) is 8.09. The van der Waals surface area contributed by atoms with Crippen molar-refractivity contribution in [3.63, 3.8) is 0 Å². The normalized spacial score (nSPS) is 13.7. The number of esters is 1. The van der Waals surface area contributed by atoms with Crippen molar-refractivity contribution in [1.82, 2.24) is 4.90 Å². The van der Waals surface area contributed by atoms with Crippen LogP contribution in [0.4, 0.5) is 0 Å². The van der Waals surface area contributed by atoms with E-state index in [4.69, 9.17) is 4.74 Å². The highest BCUT2D eigenvalue weighted by molar-refractivity contribution is 7.14. The van der Waals surface area contributed by atoms with Gasteiger partial charge in [-0.25, -0.2) is 4.79 Å². The third-order valence-electron chi connectivity index (χ3n) is 3.50. The van der Waals surface area contributed by atoms with Crippen LogP contribution in [0.15, 0.2) is 12.1 Å². The van der Waals surface area contributed by atoms with E-state index in [2.05, 4.69) is 32.6 Å². The van der Waals surface area contributed by atoms with Crippen LogP contribution in [0.2, 0.25) is 0 Å². The molecule has 1 aromatic heterocycles. The number of carbonyl (C=O) groups excluding carboxylic acids is 1. The van der Waals surface area contributed by atoms with Gasteiger partial charge in [-0.2, -0.15) is 0 Å². The van der Waals surface area contributed by atoms with E-state index in [1.807, 2.05) is 19.9 Å². The van der Waals surface area contributed by atoms with Gasteiger partial charge in [-0.15, -0.1) is 11.3 Å². The van der Waals surface area contributed by atoms with E-state index in [1.165, 1.54) is 11.3 Å². The first-order valence-corrected chi connectivity index (χ1v) is 8.70. The van der Waals surface area contributed by atoms with Crippen molar-refractivity contribution in [1.29, 1.82) is 0 Å². The van der Waals surface area contributed by atoms with Crippen LogP contribution in [-0.2, 0) is 4.74 Å². The largest absolute Gasteiger partial charge is 0.459 e. The van der Waals surface area contributed by atoms with Crippen molar-refractivity contribution < 1.29 is 14.6 Å². The van der Waals surface area contributed by atoms with Crippen LogP contribution < -0.4 is 0 Å². The summed E-state index contributed by atoms with van der Waals surface area (Å²) in [5.74, 6) is -0.316. The number of ether oxygens (including phenoxy) is 1. The summed E-state index contributed by atoms with van der Waals surface area (Å²) < 4.78 is 5.17. The highest BCUT2D eigenvalue weighted by atomic mass is 32.1. The number of aliphatic hydroxyl groups excluding tert-OH is 1. The second-order valence-electron chi connectivity index (χ2n) is 6.71. The molecule has 1 atom stereocenters. The number of hydrogen-bond donors (Lipinski definition) is 1. The summed E-state index contributed by atoms with van der Waals surface area (Å²) in [6.45, 7) is 14.1. The molecule has 0 saturated heterocycles. The predicted molar refractivity (Wildman–Crippen MR) is 91.4 cm³/mol. The Morgan fingerprint density at radius 2 is 2.00 bits per heavy atom. The topological polar surface area (TPSA) is 49.8 Å². The number of aliphatic hydroxyl groups is 1. The van der Waals surface area contributed by atoms with Gasteiger partial charge in [0, 0.05) is 17.0 Å². The van der Waals surface area contributed by atoms with Gasteiger partial charge in [-0.05, 0) is 59.7 Å². The Morgan fingerprint density at radius 1 is 1.36 bits per heavy atom. The number of carbonyl (C=O) groups is 1. The minimum Gasteiger partial charge on any atom is -0.459 e. The Morgan fingerprint density at radius 3 is 2.50 bits per heavy atom. The summed E-state index contributed by atoms with van der Waals surface area (Å²) in [4.78, 5) is 15.5. The quantitative estimate of drug-likeness (QED) is 0.773. The fraction of sp³-hybridized carbons (Fsp3) is 0.706. The second-order valence-corrected chi connectivity index (χ2v) is 7.83. The van der Waals surface area contributed by atoms with Gasteiger partial charge in [0.15, 0.2) is 0 Å². The Labute approximate surface area is 138 Å². The van der Waals surface area contributed by atoms with E-state index in [9.17, 15) is 9.90 Å². The van der Waals surface area contributed by atoms with Gasteiger partial charge in [-0.1, -0.05) is 6.92 Å². The molecule has 4 nitrogen and oxygen atoms in total. The molecule has 0 aliphatic carbocycles. The molecule has 126 valence electrons. The van der Waals surface area contributed by atoms with Crippen molar-refractivity contribution in [2.45, 2.75) is 65.7 Å². The summed E-state index contributed by atoms with van der Waals surface area (Å²) in [5.41, 5.74) is 0.0934. The molecule has 0 fully saturated rings. The van der Waals surface area contributed by atoms with Gasteiger partial charge in [0.2, 0.25) is 0 Å². The lowest BCUT2D eigenvalue weighted by atomic mass is 10.0. The van der Waals surface area contributed by atoms with Crippen LogP contribution in [0.3, 0.4) is 0 Å². The molecule has 0 radical (unpaired) electrons. The molecular formula is C17H29NO3S. The maximum absolute atomic E-state index is 11.8. The Bertz CT molecular complexity index is 476. The number of rotatable bonds is 7. The Hall–Kier alpha value is -0.910. The molecule has 1 heterocycles. The fourth-order valence-corrected chi connectivity index (χ4v) is 3.21. The van der Waals surface area contributed by atoms with Crippen LogP contribution >= 0.6 is 11.3 Å². The van der Waals surface area contributed by atoms with Crippen LogP contribution in [0, 0.1) is 0 Å². The molecular weight excluding hydrogens is 298 g/mol. The molecule has 1 unspecified atom stereocenters. The van der Waals surface area contributed by atoms with Crippen molar-refractivity contribution in [3.05, 3.63) is 21.9 Å². The SMILES string of the molecule is CCN(CCC(O)c1ccc(C(=O)OC(C)C)s1)C(C)(C)C. The van der Waals surface area contributed by atoms with Gasteiger partial charge in [0.1, 0.15) is 4.88 Å². The molecule has 0 aromatic carbocycles. The van der Waals surface area contributed by atoms with Gasteiger partial charge in [-0.3, -0.25) is 4.90 Å². The smallest absolute Gasteiger partial charge is 0.348 e. The fourth-order valence-electron chi connectivity index (χ4n) is 2.30. The average Bonchev–Trinajstić information content (AvgIpc) is 2.86. The first kappa shape index (κ1) is 19.1. The number of hydrogen-bond acceptors (Lipinski definition) is 5. The van der Waals surface area contributed by atoms with Crippen molar-refractivity contribution in [2.24, 2.45) is 0 Å². The molecule has 5 heteroatoms. The van der Waals surface area contributed by atoms with Crippen LogP contribution in [0.5, 0.6) is 0 Å². The molecule has 0 spiro atoms. The average molecular weight is 327 g/mol. The van der Waals surface area contributed by atoms with Crippen molar-refractivity contribution in [3.8, 4) is 0 Å². The molecule has 0 amide bonds. The summed E-state index contributed by atoms with van der Waals surface area (Å²) in [6, 6.07) is 3.55. The van der Waals surface area contributed by atoms with Crippen LogP contribution in [0.1, 0.15) is 68.6 Å². The van der Waals surface area contributed by atoms with Crippen LogP contribution in [-0.4, -0.2) is 40.7 Å². The summed E-state index contributed by atoms with van der Waals surface area (Å²) in [5, 5.41) is 10.3. The predicted octanol–water partition coefficient (Wildman–Crippen LogP) is 3.86. The molecule has 0 aliphatic rings. The third-order valence-corrected chi connectivity index (χ3v) is 4.67. The van der Waals surface area contributed by atoms with E-state index < -0.39 is 6.10 Å². The lowest BCUT2D eigenvalue weighted by Gasteiger charge is -2.35. The number of thiophene rings is 1. The summed E-state index contributed by atoms with van der Waals surface area (Å²) in [6.07, 6.45) is -0.0144. The molecule has 0 bridgehead atoms. The van der Waals surface area contributed by atoms with E-state index in [1.54, 1.807) is 6.07 Å². The lowest BCUT2D eigenvalue weighted by Crippen LogP contribution is -2.42. The van der Waals surface area contributed by atoms with E-state index in [0.29, 0.717) is 11.3 Å². The Balaban J connectivity index is 2.61. The van der Waals surface area contributed by atoms with Gasteiger partial charge in [0.25, 0.3) is 0 Å². The monoisotopic (exact) mass is 327 g/mol. The van der Waals surface area contributed by atoms with Gasteiger partial charge < -0.3 is 9.84 Å². The third kappa shape index (κ3) is 5.71. The zero-order valence-corrected chi connectivity index (χ0v) is 15.4. The summed E-state index contributed by atoms with van der Waals surface area (Å²) >= 11 is 1.31. The van der Waals surface area contributed by atoms with Gasteiger partial charge >= 0.3 is 5.97 Å². The maximum Gasteiger partial charge on any atom is 0.348 e. The minimum absolute atomic E-state index is 0.0934. The summed E-state index contributed by atoms with van der Waals surface area (Å²) in [7, 11) is 0. The first-order chi connectivity index (χ1) is 10.1. The van der Waals surface area contributed by atoms with E-state index in [-0.39, 0.29) is 17.6 Å². The standard InChI is InChI=1S/C17H29NO3S/c1-7-18(17(4,5)6)11-10-13(19)14-8-9-15(22-14)16(20)21-12(2)3/h8-9,12-13,19H,7,10-11H2,1-6H3. The first-order valence-electron chi connectivity index (χ1n) is 7.89. The van der Waals surface area contributed by atoms with Gasteiger partial charge in [0.05, 0.1) is 12.2 Å². The molecule has 22 heavy (non-hydrogen) atoms.